The van der Waals surface area contributed by atoms with Crippen molar-refractivity contribution in [2.24, 2.45) is 0 Å². The molecule has 0 aliphatic carbocycles. The molecule has 57 heavy (non-hydrogen) atoms. The first-order chi connectivity index (χ1) is 28.3. The summed E-state index contributed by atoms with van der Waals surface area (Å²) in [5.74, 6) is 0. The highest BCUT2D eigenvalue weighted by molar-refractivity contribution is 6.19. The largest absolute Gasteiger partial charge is 0.454 e. The molecule has 0 unspecified atom stereocenters. The van der Waals surface area contributed by atoms with Crippen LogP contribution < -0.4 is 0 Å². The van der Waals surface area contributed by atoms with Gasteiger partial charge in [0.1, 0.15) is 5.58 Å². The van der Waals surface area contributed by atoms with Gasteiger partial charge in [0.05, 0.1) is 27.8 Å². The number of nitrogens with zero attached hydrogens (tertiary/aromatic N) is 2. The van der Waals surface area contributed by atoms with E-state index >= 15 is 0 Å². The SMILES string of the molecule is c1ccc(-c2cccc(-c3ccc(-n4c5ccccc5c5ccc(-c6cccc7c6c6ccccc6n7-c6ccccc6)cc54)c4oc5ccccc5c34)c2)cc1. The third-order valence-electron chi connectivity index (χ3n) is 11.7. The Kier molecular flexibility index (Phi) is 6.93. The first kappa shape index (κ1) is 31.7. The van der Waals surface area contributed by atoms with E-state index in [2.05, 4.69) is 215 Å². The molecule has 0 aliphatic heterocycles. The first-order valence-corrected chi connectivity index (χ1v) is 19.5. The summed E-state index contributed by atoms with van der Waals surface area (Å²) in [6.45, 7) is 0. The zero-order valence-corrected chi connectivity index (χ0v) is 30.9. The van der Waals surface area contributed by atoms with Crippen molar-refractivity contribution in [3.05, 3.63) is 206 Å². The van der Waals surface area contributed by atoms with Gasteiger partial charge in [-0.3, -0.25) is 0 Å². The lowest BCUT2D eigenvalue weighted by Crippen LogP contribution is -1.96. The highest BCUT2D eigenvalue weighted by Gasteiger charge is 2.22. The first-order valence-electron chi connectivity index (χ1n) is 19.5. The molecule has 0 fully saturated rings. The van der Waals surface area contributed by atoms with E-state index in [0.717, 1.165) is 55.5 Å². The second kappa shape index (κ2) is 12.5. The lowest BCUT2D eigenvalue weighted by atomic mass is 9.95. The Morgan fingerprint density at radius 3 is 1.75 bits per heavy atom. The summed E-state index contributed by atoms with van der Waals surface area (Å²) in [5, 5.41) is 7.13. The predicted octanol–water partition coefficient (Wildman–Crippen LogP) is 14.8. The van der Waals surface area contributed by atoms with E-state index in [-0.39, 0.29) is 0 Å². The van der Waals surface area contributed by atoms with Gasteiger partial charge in [0.15, 0.2) is 5.58 Å². The van der Waals surface area contributed by atoms with Gasteiger partial charge in [0, 0.05) is 38.0 Å². The molecule has 12 aromatic rings. The number of aromatic nitrogens is 2. The standard InChI is InChI=1S/C54H34N2O/c1-3-15-35(16-4-1)36-17-13-18-37(33-36)41-31-32-49(54-53(41)45-23-9-12-28-51(45)57-54)56-46-25-10-7-21-42(46)43-30-29-38(34-50(43)56)40-24-14-27-48-52(40)44-22-8-11-26-47(44)55(48)39-19-5-2-6-20-39/h1-34H. The third kappa shape index (κ3) is 4.79. The van der Waals surface area contributed by atoms with Crippen molar-refractivity contribution in [1.29, 1.82) is 0 Å². The van der Waals surface area contributed by atoms with Gasteiger partial charge in [0.25, 0.3) is 0 Å². The fourth-order valence-corrected chi connectivity index (χ4v) is 9.24. The molecule has 0 radical (unpaired) electrons. The fraction of sp³-hybridized carbons (Fsp3) is 0. The number of furan rings is 1. The summed E-state index contributed by atoms with van der Waals surface area (Å²) in [7, 11) is 0. The average molecular weight is 727 g/mol. The van der Waals surface area contributed by atoms with Crippen LogP contribution in [0.5, 0.6) is 0 Å². The van der Waals surface area contributed by atoms with Crippen LogP contribution in [0.2, 0.25) is 0 Å². The van der Waals surface area contributed by atoms with Crippen LogP contribution in [-0.2, 0) is 0 Å². The summed E-state index contributed by atoms with van der Waals surface area (Å²) in [4.78, 5) is 0. The van der Waals surface area contributed by atoms with Gasteiger partial charge >= 0.3 is 0 Å². The molecule has 0 amide bonds. The summed E-state index contributed by atoms with van der Waals surface area (Å²) >= 11 is 0. The van der Waals surface area contributed by atoms with Crippen LogP contribution in [0.4, 0.5) is 0 Å². The highest BCUT2D eigenvalue weighted by atomic mass is 16.3. The normalized spacial score (nSPS) is 11.9. The Morgan fingerprint density at radius 1 is 0.316 bits per heavy atom. The molecular formula is C54H34N2O. The molecule has 0 atom stereocenters. The van der Waals surface area contributed by atoms with Crippen molar-refractivity contribution in [3.8, 4) is 44.8 Å². The van der Waals surface area contributed by atoms with Crippen LogP contribution in [0.1, 0.15) is 0 Å². The van der Waals surface area contributed by atoms with E-state index in [1.165, 1.54) is 54.8 Å². The Morgan fingerprint density at radius 2 is 0.912 bits per heavy atom. The second-order valence-corrected chi connectivity index (χ2v) is 14.9. The molecule has 0 aliphatic rings. The molecule has 0 saturated carbocycles. The number of fused-ring (bicyclic) bond motifs is 9. The van der Waals surface area contributed by atoms with Gasteiger partial charge in [-0.05, 0) is 88.0 Å². The van der Waals surface area contributed by atoms with Gasteiger partial charge in [-0.15, -0.1) is 0 Å². The summed E-state index contributed by atoms with van der Waals surface area (Å²) in [6.07, 6.45) is 0. The van der Waals surface area contributed by atoms with Crippen LogP contribution >= 0.6 is 0 Å². The fourth-order valence-electron chi connectivity index (χ4n) is 9.24. The summed E-state index contributed by atoms with van der Waals surface area (Å²) in [6, 6.07) is 74.3. The van der Waals surface area contributed by atoms with E-state index in [4.69, 9.17) is 4.42 Å². The number of benzene rings is 9. The zero-order valence-electron chi connectivity index (χ0n) is 30.9. The van der Waals surface area contributed by atoms with E-state index < -0.39 is 0 Å². The molecule has 3 heteroatoms. The van der Waals surface area contributed by atoms with E-state index in [9.17, 15) is 0 Å². The summed E-state index contributed by atoms with van der Waals surface area (Å²) < 4.78 is 11.7. The molecular weight excluding hydrogens is 693 g/mol. The van der Waals surface area contributed by atoms with E-state index in [1.807, 2.05) is 0 Å². The zero-order chi connectivity index (χ0) is 37.5. The lowest BCUT2D eigenvalue weighted by Gasteiger charge is -2.13. The minimum absolute atomic E-state index is 0.875. The Labute approximate surface area is 328 Å². The van der Waals surface area contributed by atoms with Gasteiger partial charge in [-0.25, -0.2) is 0 Å². The maximum Gasteiger partial charge on any atom is 0.160 e. The van der Waals surface area contributed by atoms with Crippen LogP contribution in [0.3, 0.4) is 0 Å². The molecule has 12 rings (SSSR count). The topological polar surface area (TPSA) is 23.0 Å². The molecule has 3 nitrogen and oxygen atoms in total. The van der Waals surface area contributed by atoms with Crippen LogP contribution in [-0.4, -0.2) is 9.13 Å². The smallest absolute Gasteiger partial charge is 0.160 e. The number of hydrogen-bond acceptors (Lipinski definition) is 1. The van der Waals surface area contributed by atoms with E-state index in [1.54, 1.807) is 0 Å². The minimum Gasteiger partial charge on any atom is -0.454 e. The lowest BCUT2D eigenvalue weighted by molar-refractivity contribution is 0.666. The Bertz CT molecular complexity index is 3510. The maximum atomic E-state index is 6.92. The van der Waals surface area contributed by atoms with Crippen LogP contribution in [0.15, 0.2) is 211 Å². The van der Waals surface area contributed by atoms with Gasteiger partial charge in [0.2, 0.25) is 0 Å². The minimum atomic E-state index is 0.875. The highest BCUT2D eigenvalue weighted by Crippen LogP contribution is 2.45. The summed E-state index contributed by atoms with van der Waals surface area (Å²) in [5.41, 5.74) is 15.7. The van der Waals surface area contributed by atoms with Crippen molar-refractivity contribution < 1.29 is 4.42 Å². The van der Waals surface area contributed by atoms with Gasteiger partial charge < -0.3 is 13.6 Å². The van der Waals surface area contributed by atoms with Crippen molar-refractivity contribution in [3.63, 3.8) is 0 Å². The predicted molar refractivity (Wildman–Crippen MR) is 239 cm³/mol. The molecule has 266 valence electrons. The Balaban J connectivity index is 1.12. The van der Waals surface area contributed by atoms with Crippen molar-refractivity contribution >= 4 is 65.6 Å². The molecule has 0 bridgehead atoms. The van der Waals surface area contributed by atoms with Crippen molar-refractivity contribution in [1.82, 2.24) is 9.13 Å². The second-order valence-electron chi connectivity index (χ2n) is 14.9. The van der Waals surface area contributed by atoms with Gasteiger partial charge in [-0.1, -0.05) is 152 Å². The monoisotopic (exact) mass is 726 g/mol. The molecule has 0 saturated heterocycles. The molecule has 0 N–H and O–H groups in total. The average Bonchev–Trinajstić information content (AvgIpc) is 3.95. The quantitative estimate of drug-likeness (QED) is 0.173. The number of hydrogen-bond donors (Lipinski definition) is 0. The number of rotatable bonds is 5. The van der Waals surface area contributed by atoms with Gasteiger partial charge in [-0.2, -0.15) is 0 Å². The van der Waals surface area contributed by atoms with Crippen LogP contribution in [0, 0.1) is 0 Å². The van der Waals surface area contributed by atoms with Crippen LogP contribution in [0.25, 0.3) is 110 Å². The third-order valence-corrected chi connectivity index (χ3v) is 11.7. The van der Waals surface area contributed by atoms with E-state index in [0.29, 0.717) is 0 Å². The molecule has 3 heterocycles. The van der Waals surface area contributed by atoms with Crippen molar-refractivity contribution in [2.45, 2.75) is 0 Å². The molecule has 9 aromatic carbocycles. The maximum absolute atomic E-state index is 6.92. The van der Waals surface area contributed by atoms with Crippen molar-refractivity contribution in [2.75, 3.05) is 0 Å². The Hall–Kier alpha value is -7.62. The number of para-hydroxylation sites is 4. The molecule has 0 spiro atoms. The molecule has 3 aromatic heterocycles.